The molecule has 1 aromatic heterocycles. The summed E-state index contributed by atoms with van der Waals surface area (Å²) in [4.78, 5) is 24.8. The standard InChI is InChI=1S/C15H25N5O/c1-4-6-13-17-14(16-3)11-15(18-13)20-8-5-7-19(9-10-20)12(2)21/h11H,4-10H2,1-3H3,(H,16,17,18). The zero-order valence-electron chi connectivity index (χ0n) is 13.2. The molecule has 1 aliphatic heterocycles. The van der Waals surface area contributed by atoms with Crippen LogP contribution in [0.15, 0.2) is 6.07 Å². The van der Waals surface area contributed by atoms with Crippen molar-refractivity contribution in [2.24, 2.45) is 0 Å². The van der Waals surface area contributed by atoms with E-state index < -0.39 is 0 Å². The van der Waals surface area contributed by atoms with Gasteiger partial charge in [0.2, 0.25) is 5.91 Å². The van der Waals surface area contributed by atoms with Crippen LogP contribution in [0.5, 0.6) is 0 Å². The molecule has 6 heteroatoms. The molecule has 0 aromatic carbocycles. The highest BCUT2D eigenvalue weighted by Crippen LogP contribution is 2.18. The smallest absolute Gasteiger partial charge is 0.219 e. The van der Waals surface area contributed by atoms with Crippen LogP contribution in [-0.4, -0.2) is 54.0 Å². The lowest BCUT2D eigenvalue weighted by Gasteiger charge is -2.23. The van der Waals surface area contributed by atoms with Crippen molar-refractivity contribution in [1.82, 2.24) is 14.9 Å². The lowest BCUT2D eigenvalue weighted by molar-refractivity contribution is -0.128. The minimum absolute atomic E-state index is 0.155. The van der Waals surface area contributed by atoms with Crippen LogP contribution in [0.3, 0.4) is 0 Å². The quantitative estimate of drug-likeness (QED) is 0.911. The van der Waals surface area contributed by atoms with Gasteiger partial charge in [0.25, 0.3) is 0 Å². The molecule has 1 N–H and O–H groups in total. The second kappa shape index (κ2) is 7.24. The molecule has 1 aliphatic rings. The summed E-state index contributed by atoms with van der Waals surface area (Å²) < 4.78 is 0. The van der Waals surface area contributed by atoms with Gasteiger partial charge in [0.05, 0.1) is 0 Å². The van der Waals surface area contributed by atoms with Crippen LogP contribution in [0.2, 0.25) is 0 Å². The van der Waals surface area contributed by atoms with Gasteiger partial charge in [0.15, 0.2) is 0 Å². The van der Waals surface area contributed by atoms with Gasteiger partial charge in [-0.15, -0.1) is 0 Å². The topological polar surface area (TPSA) is 61.4 Å². The third kappa shape index (κ3) is 4.06. The summed E-state index contributed by atoms with van der Waals surface area (Å²) in [7, 11) is 1.88. The number of anilines is 2. The first-order valence-electron chi connectivity index (χ1n) is 7.70. The molecule has 0 spiro atoms. The van der Waals surface area contributed by atoms with Gasteiger partial charge in [-0.05, 0) is 12.8 Å². The number of hydrogen-bond acceptors (Lipinski definition) is 5. The molecule has 1 amide bonds. The monoisotopic (exact) mass is 291 g/mol. The number of aromatic nitrogens is 2. The number of carbonyl (C=O) groups excluding carboxylic acids is 1. The van der Waals surface area contributed by atoms with E-state index in [1.54, 1.807) is 6.92 Å². The van der Waals surface area contributed by atoms with E-state index in [1.165, 1.54) is 0 Å². The van der Waals surface area contributed by atoms with Gasteiger partial charge in [-0.25, -0.2) is 9.97 Å². The van der Waals surface area contributed by atoms with Crippen molar-refractivity contribution in [3.05, 3.63) is 11.9 Å². The lowest BCUT2D eigenvalue weighted by atomic mass is 10.3. The number of carbonyl (C=O) groups is 1. The molecule has 0 aliphatic carbocycles. The highest BCUT2D eigenvalue weighted by atomic mass is 16.2. The Labute approximate surface area is 126 Å². The number of aryl methyl sites for hydroxylation is 1. The summed E-state index contributed by atoms with van der Waals surface area (Å²) in [6.45, 7) is 7.11. The minimum Gasteiger partial charge on any atom is -0.373 e. The van der Waals surface area contributed by atoms with E-state index >= 15 is 0 Å². The molecular weight excluding hydrogens is 266 g/mol. The van der Waals surface area contributed by atoms with E-state index in [9.17, 15) is 4.79 Å². The van der Waals surface area contributed by atoms with Crippen LogP contribution in [0.25, 0.3) is 0 Å². The average molecular weight is 291 g/mol. The molecular formula is C15H25N5O. The summed E-state index contributed by atoms with van der Waals surface area (Å²) >= 11 is 0. The summed E-state index contributed by atoms with van der Waals surface area (Å²) in [5.74, 6) is 2.86. The van der Waals surface area contributed by atoms with E-state index in [2.05, 4.69) is 27.1 Å². The molecule has 2 heterocycles. The van der Waals surface area contributed by atoms with E-state index in [0.29, 0.717) is 0 Å². The number of nitrogens with zero attached hydrogens (tertiary/aromatic N) is 4. The Hall–Kier alpha value is -1.85. The Morgan fingerprint density at radius 1 is 1.29 bits per heavy atom. The SMILES string of the molecule is CCCc1nc(NC)cc(N2CCCN(C(C)=O)CC2)n1. The van der Waals surface area contributed by atoms with Crippen molar-refractivity contribution in [3.63, 3.8) is 0 Å². The molecule has 116 valence electrons. The molecule has 1 saturated heterocycles. The fraction of sp³-hybridized carbons (Fsp3) is 0.667. The number of rotatable bonds is 4. The van der Waals surface area contributed by atoms with Crippen molar-refractivity contribution in [3.8, 4) is 0 Å². The lowest BCUT2D eigenvalue weighted by Crippen LogP contribution is -2.34. The fourth-order valence-corrected chi connectivity index (χ4v) is 2.57. The van der Waals surface area contributed by atoms with Crippen molar-refractivity contribution in [2.75, 3.05) is 43.4 Å². The Bertz CT molecular complexity index is 491. The molecule has 0 saturated carbocycles. The first kappa shape index (κ1) is 15.5. The summed E-state index contributed by atoms with van der Waals surface area (Å²) in [5.41, 5.74) is 0. The van der Waals surface area contributed by atoms with Gasteiger partial charge in [0, 0.05) is 52.6 Å². The molecule has 6 nitrogen and oxygen atoms in total. The van der Waals surface area contributed by atoms with Crippen molar-refractivity contribution in [1.29, 1.82) is 0 Å². The Kier molecular flexibility index (Phi) is 5.36. The van der Waals surface area contributed by atoms with Gasteiger partial charge < -0.3 is 15.1 Å². The summed E-state index contributed by atoms with van der Waals surface area (Å²) in [5, 5.41) is 3.11. The number of amides is 1. The molecule has 1 fully saturated rings. The second-order valence-corrected chi connectivity index (χ2v) is 5.37. The minimum atomic E-state index is 0.155. The van der Waals surface area contributed by atoms with Gasteiger partial charge in [-0.3, -0.25) is 4.79 Å². The van der Waals surface area contributed by atoms with E-state index in [0.717, 1.165) is 62.9 Å². The largest absolute Gasteiger partial charge is 0.373 e. The van der Waals surface area contributed by atoms with Gasteiger partial charge in [-0.1, -0.05) is 6.92 Å². The number of hydrogen-bond donors (Lipinski definition) is 1. The first-order valence-corrected chi connectivity index (χ1v) is 7.70. The van der Waals surface area contributed by atoms with Crippen LogP contribution in [0, 0.1) is 0 Å². The van der Waals surface area contributed by atoms with Crippen LogP contribution < -0.4 is 10.2 Å². The molecule has 0 unspecified atom stereocenters. The Morgan fingerprint density at radius 2 is 2.10 bits per heavy atom. The summed E-state index contributed by atoms with van der Waals surface area (Å²) in [6.07, 6.45) is 2.89. The van der Waals surface area contributed by atoms with Crippen molar-refractivity contribution >= 4 is 17.5 Å². The molecule has 2 rings (SSSR count). The predicted molar refractivity (Wildman–Crippen MR) is 84.7 cm³/mol. The molecule has 0 bridgehead atoms. The van der Waals surface area contributed by atoms with Crippen LogP contribution >= 0.6 is 0 Å². The average Bonchev–Trinajstić information content (AvgIpc) is 2.73. The molecule has 1 aromatic rings. The summed E-state index contributed by atoms with van der Waals surface area (Å²) in [6, 6.07) is 1.99. The van der Waals surface area contributed by atoms with Crippen LogP contribution in [0.1, 0.15) is 32.5 Å². The van der Waals surface area contributed by atoms with Gasteiger partial charge in [-0.2, -0.15) is 0 Å². The highest BCUT2D eigenvalue weighted by Gasteiger charge is 2.18. The molecule has 0 atom stereocenters. The second-order valence-electron chi connectivity index (χ2n) is 5.37. The fourth-order valence-electron chi connectivity index (χ4n) is 2.57. The van der Waals surface area contributed by atoms with Gasteiger partial charge in [0.1, 0.15) is 17.5 Å². The van der Waals surface area contributed by atoms with E-state index in [4.69, 9.17) is 0 Å². The third-order valence-corrected chi connectivity index (χ3v) is 3.75. The molecule has 0 radical (unpaired) electrons. The maximum atomic E-state index is 11.5. The molecule has 21 heavy (non-hydrogen) atoms. The first-order chi connectivity index (χ1) is 10.1. The zero-order chi connectivity index (χ0) is 15.2. The maximum absolute atomic E-state index is 11.5. The van der Waals surface area contributed by atoms with Gasteiger partial charge >= 0.3 is 0 Å². The van der Waals surface area contributed by atoms with Crippen LogP contribution in [0.4, 0.5) is 11.6 Å². The van der Waals surface area contributed by atoms with Crippen molar-refractivity contribution < 1.29 is 4.79 Å². The van der Waals surface area contributed by atoms with E-state index in [1.807, 2.05) is 18.0 Å². The van der Waals surface area contributed by atoms with Crippen LogP contribution in [-0.2, 0) is 11.2 Å². The Balaban J connectivity index is 2.16. The normalized spacial score (nSPS) is 15.8. The Morgan fingerprint density at radius 3 is 2.76 bits per heavy atom. The predicted octanol–water partition coefficient (Wildman–Crippen LogP) is 1.53. The highest BCUT2D eigenvalue weighted by molar-refractivity contribution is 5.73. The number of nitrogens with one attached hydrogen (secondary N) is 1. The third-order valence-electron chi connectivity index (χ3n) is 3.75. The zero-order valence-corrected chi connectivity index (χ0v) is 13.2. The maximum Gasteiger partial charge on any atom is 0.219 e. The van der Waals surface area contributed by atoms with E-state index in [-0.39, 0.29) is 5.91 Å². The van der Waals surface area contributed by atoms with Crippen molar-refractivity contribution in [2.45, 2.75) is 33.1 Å².